The van der Waals surface area contributed by atoms with Gasteiger partial charge in [-0.2, -0.15) is 0 Å². The average Bonchev–Trinajstić information content (AvgIpc) is 2.36. The second kappa shape index (κ2) is 5.32. The monoisotopic (exact) mass is 252 g/mol. The predicted molar refractivity (Wildman–Crippen MR) is 65.5 cm³/mol. The van der Waals surface area contributed by atoms with E-state index in [1.165, 1.54) is 12.1 Å². The van der Waals surface area contributed by atoms with Gasteiger partial charge in [-0.3, -0.25) is 10.1 Å². The average molecular weight is 252 g/mol. The molecule has 1 aromatic carbocycles. The topological polar surface area (TPSA) is 87.6 Å². The molecule has 6 nitrogen and oxygen atoms in total. The Hall–Kier alpha value is -1.66. The third-order valence-corrected chi connectivity index (χ3v) is 2.97. The number of hydrogen-bond acceptors (Lipinski definition) is 5. The van der Waals surface area contributed by atoms with Gasteiger partial charge in [0.15, 0.2) is 0 Å². The Morgan fingerprint density at radius 3 is 2.94 bits per heavy atom. The van der Waals surface area contributed by atoms with Crippen LogP contribution in [0, 0.1) is 10.1 Å². The molecule has 6 heteroatoms. The number of non-ortho nitro benzene ring substituents is 1. The van der Waals surface area contributed by atoms with Crippen molar-refractivity contribution in [2.75, 3.05) is 6.61 Å². The lowest BCUT2D eigenvalue weighted by Gasteiger charge is -2.41. The fraction of sp³-hybridized carbons (Fsp3) is 0.500. The molecular formula is C12H16N2O4. The molecule has 0 radical (unpaired) electrons. The van der Waals surface area contributed by atoms with Gasteiger partial charge in [-0.05, 0) is 13.0 Å². The van der Waals surface area contributed by atoms with Crippen LogP contribution in [0.25, 0.3) is 0 Å². The quantitative estimate of drug-likeness (QED) is 0.633. The summed E-state index contributed by atoms with van der Waals surface area (Å²) in [5.74, 6) is 0.478. The summed E-state index contributed by atoms with van der Waals surface area (Å²) in [6.07, 6.45) is 0.448. The van der Waals surface area contributed by atoms with Gasteiger partial charge in [-0.25, -0.2) is 0 Å². The van der Waals surface area contributed by atoms with E-state index in [1.54, 1.807) is 12.1 Å². The highest BCUT2D eigenvalue weighted by atomic mass is 16.6. The first-order chi connectivity index (χ1) is 8.61. The third kappa shape index (κ3) is 2.60. The van der Waals surface area contributed by atoms with Crippen LogP contribution in [-0.2, 0) is 4.74 Å². The van der Waals surface area contributed by atoms with Crippen molar-refractivity contribution in [2.24, 2.45) is 5.73 Å². The molecule has 2 rings (SSSR count). The molecule has 3 unspecified atom stereocenters. The number of nitro groups is 1. The minimum Gasteiger partial charge on any atom is -0.487 e. The van der Waals surface area contributed by atoms with Crippen LogP contribution >= 0.6 is 0 Å². The van der Waals surface area contributed by atoms with Crippen LogP contribution in [0.3, 0.4) is 0 Å². The highest BCUT2D eigenvalue weighted by Crippen LogP contribution is 2.29. The number of benzene rings is 1. The van der Waals surface area contributed by atoms with Crippen LogP contribution in [0.5, 0.6) is 5.75 Å². The van der Waals surface area contributed by atoms with E-state index >= 15 is 0 Å². The molecule has 2 N–H and O–H groups in total. The molecule has 1 fully saturated rings. The summed E-state index contributed by atoms with van der Waals surface area (Å²) in [7, 11) is 0. The smallest absolute Gasteiger partial charge is 0.273 e. The molecule has 0 aromatic heterocycles. The van der Waals surface area contributed by atoms with Crippen molar-refractivity contribution < 1.29 is 14.4 Å². The van der Waals surface area contributed by atoms with E-state index in [-0.39, 0.29) is 23.9 Å². The molecule has 0 spiro atoms. The summed E-state index contributed by atoms with van der Waals surface area (Å²) < 4.78 is 11.1. The van der Waals surface area contributed by atoms with E-state index in [4.69, 9.17) is 15.2 Å². The van der Waals surface area contributed by atoms with Gasteiger partial charge >= 0.3 is 0 Å². The van der Waals surface area contributed by atoms with Gasteiger partial charge in [0.25, 0.3) is 5.69 Å². The van der Waals surface area contributed by atoms with Crippen molar-refractivity contribution in [3.05, 3.63) is 34.4 Å². The largest absolute Gasteiger partial charge is 0.487 e. The standard InChI is InChI=1S/C12H16N2O4/c1-2-17-12-10(13)7-11(12)18-9-5-3-4-8(6-9)14(15)16/h3-6,10-12H,2,7,13H2,1H3. The predicted octanol–water partition coefficient (Wildman–Crippen LogP) is 1.48. The summed E-state index contributed by atoms with van der Waals surface area (Å²) in [4.78, 5) is 10.2. The van der Waals surface area contributed by atoms with Crippen LogP contribution in [0.15, 0.2) is 24.3 Å². The third-order valence-electron chi connectivity index (χ3n) is 2.97. The Bertz CT molecular complexity index is 438. The Labute approximate surface area is 105 Å². The second-order valence-corrected chi connectivity index (χ2v) is 4.23. The van der Waals surface area contributed by atoms with Gasteiger partial charge in [0.1, 0.15) is 18.0 Å². The maximum absolute atomic E-state index is 10.6. The SMILES string of the molecule is CCOC1C(N)CC1Oc1cccc([N+](=O)[O-])c1. The number of nitro benzene ring substituents is 1. The molecule has 18 heavy (non-hydrogen) atoms. The van der Waals surface area contributed by atoms with Gasteiger partial charge in [0, 0.05) is 25.1 Å². The second-order valence-electron chi connectivity index (χ2n) is 4.23. The summed E-state index contributed by atoms with van der Waals surface area (Å²) in [6.45, 7) is 2.47. The van der Waals surface area contributed by atoms with Crippen molar-refractivity contribution in [3.8, 4) is 5.75 Å². The van der Waals surface area contributed by atoms with E-state index in [0.29, 0.717) is 18.8 Å². The Balaban J connectivity index is 2.01. The van der Waals surface area contributed by atoms with Crippen LogP contribution < -0.4 is 10.5 Å². The molecule has 0 saturated heterocycles. The van der Waals surface area contributed by atoms with Gasteiger partial charge in [-0.15, -0.1) is 0 Å². The van der Waals surface area contributed by atoms with Crippen LogP contribution in [0.4, 0.5) is 5.69 Å². The van der Waals surface area contributed by atoms with Crippen molar-refractivity contribution in [1.29, 1.82) is 0 Å². The van der Waals surface area contributed by atoms with E-state index in [2.05, 4.69) is 0 Å². The van der Waals surface area contributed by atoms with E-state index in [0.717, 1.165) is 0 Å². The fourth-order valence-corrected chi connectivity index (χ4v) is 2.00. The highest BCUT2D eigenvalue weighted by Gasteiger charge is 2.41. The number of hydrogen-bond donors (Lipinski definition) is 1. The molecule has 1 aromatic rings. The van der Waals surface area contributed by atoms with Crippen LogP contribution in [0.1, 0.15) is 13.3 Å². The molecule has 3 atom stereocenters. The zero-order valence-electron chi connectivity index (χ0n) is 10.1. The minimum atomic E-state index is -0.445. The van der Waals surface area contributed by atoms with Crippen molar-refractivity contribution >= 4 is 5.69 Å². The van der Waals surface area contributed by atoms with Crippen molar-refractivity contribution in [1.82, 2.24) is 0 Å². The molecule has 98 valence electrons. The van der Waals surface area contributed by atoms with Crippen LogP contribution in [0.2, 0.25) is 0 Å². The summed E-state index contributed by atoms with van der Waals surface area (Å²) >= 11 is 0. The van der Waals surface area contributed by atoms with E-state index in [9.17, 15) is 10.1 Å². The zero-order valence-corrected chi connectivity index (χ0v) is 10.1. The maximum Gasteiger partial charge on any atom is 0.273 e. The number of rotatable bonds is 5. The lowest BCUT2D eigenvalue weighted by Crippen LogP contribution is -2.59. The molecule has 0 bridgehead atoms. The molecular weight excluding hydrogens is 236 g/mol. The Kier molecular flexibility index (Phi) is 3.78. The molecule has 1 saturated carbocycles. The molecule has 1 aliphatic rings. The zero-order chi connectivity index (χ0) is 13.1. The normalized spacial score (nSPS) is 26.4. The number of ether oxygens (including phenoxy) is 2. The lowest BCUT2D eigenvalue weighted by atomic mass is 9.86. The summed E-state index contributed by atoms with van der Waals surface area (Å²) in [5.41, 5.74) is 5.84. The van der Waals surface area contributed by atoms with Gasteiger partial charge < -0.3 is 15.2 Å². The van der Waals surface area contributed by atoms with Crippen molar-refractivity contribution in [3.63, 3.8) is 0 Å². The first-order valence-electron chi connectivity index (χ1n) is 5.90. The minimum absolute atomic E-state index is 0.0177. The Morgan fingerprint density at radius 2 is 2.33 bits per heavy atom. The van der Waals surface area contributed by atoms with Crippen molar-refractivity contribution in [2.45, 2.75) is 31.6 Å². The van der Waals surface area contributed by atoms with Gasteiger partial charge in [0.2, 0.25) is 0 Å². The number of nitrogens with two attached hydrogens (primary N) is 1. The molecule has 1 aliphatic carbocycles. The van der Waals surface area contributed by atoms with Gasteiger partial charge in [0.05, 0.1) is 11.0 Å². The first-order valence-corrected chi connectivity index (χ1v) is 5.90. The first kappa shape index (κ1) is 12.8. The maximum atomic E-state index is 10.6. The fourth-order valence-electron chi connectivity index (χ4n) is 2.00. The van der Waals surface area contributed by atoms with Crippen LogP contribution in [-0.4, -0.2) is 29.8 Å². The summed E-state index contributed by atoms with van der Waals surface area (Å²) in [5, 5.41) is 10.6. The van der Waals surface area contributed by atoms with E-state index in [1.807, 2.05) is 6.92 Å². The highest BCUT2D eigenvalue weighted by molar-refractivity contribution is 5.38. The van der Waals surface area contributed by atoms with Gasteiger partial charge in [-0.1, -0.05) is 6.07 Å². The Morgan fingerprint density at radius 1 is 1.56 bits per heavy atom. The van der Waals surface area contributed by atoms with E-state index < -0.39 is 4.92 Å². The molecule has 0 heterocycles. The lowest BCUT2D eigenvalue weighted by molar-refractivity contribution is -0.385. The molecule has 0 amide bonds. The number of nitrogens with zero attached hydrogens (tertiary/aromatic N) is 1. The molecule has 0 aliphatic heterocycles. The summed E-state index contributed by atoms with van der Waals surface area (Å²) in [6, 6.07) is 6.11.